The minimum Gasteiger partial charge on any atom is -0.497 e. The van der Waals surface area contributed by atoms with Gasteiger partial charge in [0.25, 0.3) is 0 Å². The summed E-state index contributed by atoms with van der Waals surface area (Å²) in [6.45, 7) is 0. The van der Waals surface area contributed by atoms with Gasteiger partial charge in [0, 0.05) is 17.8 Å². The van der Waals surface area contributed by atoms with Gasteiger partial charge in [-0.15, -0.1) is 5.10 Å². The monoisotopic (exact) mass is 280 g/mol. The van der Waals surface area contributed by atoms with Crippen molar-refractivity contribution in [1.82, 2.24) is 14.6 Å². The van der Waals surface area contributed by atoms with Gasteiger partial charge in [-0.05, 0) is 24.3 Å². The summed E-state index contributed by atoms with van der Waals surface area (Å²) in [6, 6.07) is 11.0. The first-order valence-corrected chi connectivity index (χ1v) is 6.24. The molecule has 3 rings (SSSR count). The lowest BCUT2D eigenvalue weighted by atomic mass is 10.2. The summed E-state index contributed by atoms with van der Waals surface area (Å²) in [4.78, 5) is 4.42. The number of benzene rings is 1. The first kappa shape index (κ1) is 12.9. The summed E-state index contributed by atoms with van der Waals surface area (Å²) in [6.07, 6.45) is 1.75. The van der Waals surface area contributed by atoms with E-state index in [4.69, 9.17) is 14.7 Å². The third-order valence-electron chi connectivity index (χ3n) is 3.09. The Balaban J connectivity index is 2.19. The second kappa shape index (κ2) is 5.13. The van der Waals surface area contributed by atoms with Gasteiger partial charge in [-0.2, -0.15) is 5.26 Å². The highest BCUT2D eigenvalue weighted by Gasteiger charge is 2.11. The molecule has 0 N–H and O–H groups in total. The van der Waals surface area contributed by atoms with Crippen LogP contribution in [0.25, 0.3) is 17.0 Å². The molecule has 0 fully saturated rings. The Morgan fingerprint density at radius 3 is 2.48 bits per heavy atom. The molecule has 1 aromatic carbocycles. The zero-order valence-corrected chi connectivity index (χ0v) is 11.6. The molecule has 0 unspecified atom stereocenters. The van der Waals surface area contributed by atoms with Crippen LogP contribution in [0.1, 0.15) is 5.56 Å². The van der Waals surface area contributed by atoms with Crippen LogP contribution in [-0.2, 0) is 0 Å². The number of hydrogen-bond donors (Lipinski definition) is 0. The van der Waals surface area contributed by atoms with Crippen LogP contribution < -0.4 is 9.47 Å². The molecule has 3 aromatic rings. The smallest absolute Gasteiger partial charge is 0.182 e. The van der Waals surface area contributed by atoms with E-state index in [0.29, 0.717) is 28.5 Å². The molecule has 0 radical (unpaired) electrons. The maximum absolute atomic E-state index is 9.11. The van der Waals surface area contributed by atoms with E-state index in [2.05, 4.69) is 16.2 Å². The molecule has 0 amide bonds. The van der Waals surface area contributed by atoms with E-state index in [-0.39, 0.29) is 0 Å². The number of fused-ring (bicyclic) bond motifs is 1. The highest BCUT2D eigenvalue weighted by molar-refractivity contribution is 5.65. The lowest BCUT2D eigenvalue weighted by molar-refractivity contribution is 0.394. The second-order valence-corrected chi connectivity index (χ2v) is 4.34. The van der Waals surface area contributed by atoms with Crippen molar-refractivity contribution in [2.75, 3.05) is 14.2 Å². The van der Waals surface area contributed by atoms with Gasteiger partial charge in [-0.25, -0.2) is 9.50 Å². The first-order valence-electron chi connectivity index (χ1n) is 6.24. The number of nitriles is 1. The third-order valence-corrected chi connectivity index (χ3v) is 3.09. The largest absolute Gasteiger partial charge is 0.497 e. The molecule has 2 aromatic heterocycles. The maximum atomic E-state index is 9.11. The van der Waals surface area contributed by atoms with Crippen LogP contribution in [0, 0.1) is 11.3 Å². The highest BCUT2D eigenvalue weighted by Crippen LogP contribution is 2.28. The van der Waals surface area contributed by atoms with Crippen molar-refractivity contribution in [2.45, 2.75) is 0 Å². The Hall–Kier alpha value is -3.07. The average Bonchev–Trinajstić information content (AvgIpc) is 2.98. The van der Waals surface area contributed by atoms with Crippen LogP contribution in [0.4, 0.5) is 0 Å². The zero-order chi connectivity index (χ0) is 14.8. The summed E-state index contributed by atoms with van der Waals surface area (Å²) in [5.41, 5.74) is 1.77. The number of ether oxygens (including phenoxy) is 2. The minimum absolute atomic E-state index is 0.478. The van der Waals surface area contributed by atoms with Crippen LogP contribution in [0.2, 0.25) is 0 Å². The fourth-order valence-electron chi connectivity index (χ4n) is 2.05. The molecule has 0 spiro atoms. The van der Waals surface area contributed by atoms with E-state index in [0.717, 1.165) is 5.56 Å². The van der Waals surface area contributed by atoms with Crippen LogP contribution >= 0.6 is 0 Å². The fourth-order valence-corrected chi connectivity index (χ4v) is 2.05. The van der Waals surface area contributed by atoms with Crippen LogP contribution in [0.15, 0.2) is 36.5 Å². The Labute approximate surface area is 121 Å². The number of rotatable bonds is 3. The number of methoxy groups -OCH3 is 2. The van der Waals surface area contributed by atoms with Gasteiger partial charge >= 0.3 is 0 Å². The molecule has 6 heteroatoms. The van der Waals surface area contributed by atoms with E-state index in [9.17, 15) is 0 Å². The van der Waals surface area contributed by atoms with Gasteiger partial charge in [-0.1, -0.05) is 0 Å². The maximum Gasteiger partial charge on any atom is 0.182 e. The number of nitrogens with zero attached hydrogens (tertiary/aromatic N) is 4. The van der Waals surface area contributed by atoms with Crippen molar-refractivity contribution in [2.24, 2.45) is 0 Å². The summed E-state index contributed by atoms with van der Waals surface area (Å²) < 4.78 is 12.1. The Morgan fingerprint density at radius 1 is 1.14 bits per heavy atom. The van der Waals surface area contributed by atoms with Crippen molar-refractivity contribution in [3.63, 3.8) is 0 Å². The van der Waals surface area contributed by atoms with Crippen LogP contribution in [-0.4, -0.2) is 28.8 Å². The molecule has 6 nitrogen and oxygen atoms in total. The topological polar surface area (TPSA) is 72.4 Å². The molecule has 0 bridgehead atoms. The molecule has 0 aliphatic carbocycles. The van der Waals surface area contributed by atoms with Crippen molar-refractivity contribution >= 4 is 5.65 Å². The van der Waals surface area contributed by atoms with E-state index in [1.807, 2.05) is 12.1 Å². The third kappa shape index (κ3) is 2.25. The summed E-state index contributed by atoms with van der Waals surface area (Å²) in [5, 5.41) is 13.5. The van der Waals surface area contributed by atoms with Crippen molar-refractivity contribution in [3.05, 3.63) is 42.1 Å². The van der Waals surface area contributed by atoms with Gasteiger partial charge in [0.15, 0.2) is 11.5 Å². The average molecular weight is 280 g/mol. The quantitative estimate of drug-likeness (QED) is 0.736. The molecule has 2 heterocycles. The lowest BCUT2D eigenvalue weighted by Gasteiger charge is -2.05. The minimum atomic E-state index is 0.478. The van der Waals surface area contributed by atoms with Gasteiger partial charge in [0.1, 0.15) is 17.6 Å². The molecular formula is C15H12N4O2. The number of hydrogen-bond acceptors (Lipinski definition) is 5. The highest BCUT2D eigenvalue weighted by atomic mass is 16.5. The zero-order valence-electron chi connectivity index (χ0n) is 11.6. The summed E-state index contributed by atoms with van der Waals surface area (Å²) >= 11 is 0. The number of aromatic nitrogens is 3. The molecule has 0 aliphatic rings. The fraction of sp³-hybridized carbons (Fsp3) is 0.133. The molecule has 0 atom stereocenters. The van der Waals surface area contributed by atoms with Gasteiger partial charge in [0.05, 0.1) is 19.8 Å². The van der Waals surface area contributed by atoms with E-state index in [1.165, 1.54) is 0 Å². The summed E-state index contributed by atoms with van der Waals surface area (Å²) in [5.74, 6) is 1.82. The van der Waals surface area contributed by atoms with Crippen molar-refractivity contribution in [1.29, 1.82) is 5.26 Å². The van der Waals surface area contributed by atoms with Gasteiger partial charge < -0.3 is 9.47 Å². The van der Waals surface area contributed by atoms with Crippen molar-refractivity contribution < 1.29 is 9.47 Å². The SMILES string of the molecule is COc1cc(OC)cc(-c2nc3c(C#N)cccn3n2)c1. The normalized spacial score (nSPS) is 10.3. The van der Waals surface area contributed by atoms with Crippen molar-refractivity contribution in [3.8, 4) is 29.0 Å². The predicted octanol–water partition coefficient (Wildman–Crippen LogP) is 2.29. The second-order valence-electron chi connectivity index (χ2n) is 4.34. The molecule has 0 saturated carbocycles. The molecule has 104 valence electrons. The van der Waals surface area contributed by atoms with E-state index in [1.54, 1.807) is 43.1 Å². The standard InChI is InChI=1S/C15H12N4O2/c1-20-12-6-11(7-13(8-12)21-2)14-17-15-10(9-16)4-3-5-19(15)18-14/h3-8H,1-2H3. The van der Waals surface area contributed by atoms with E-state index >= 15 is 0 Å². The van der Waals surface area contributed by atoms with Crippen LogP contribution in [0.3, 0.4) is 0 Å². The summed E-state index contributed by atoms with van der Waals surface area (Å²) in [7, 11) is 3.17. The lowest BCUT2D eigenvalue weighted by Crippen LogP contribution is -1.90. The predicted molar refractivity (Wildman–Crippen MR) is 76.2 cm³/mol. The Kier molecular flexibility index (Phi) is 3.16. The van der Waals surface area contributed by atoms with Crippen LogP contribution in [0.5, 0.6) is 11.5 Å². The molecule has 0 saturated heterocycles. The molecule has 0 aliphatic heterocycles. The van der Waals surface area contributed by atoms with Gasteiger partial charge in [0.2, 0.25) is 0 Å². The Bertz CT molecular complexity index is 826. The molecular weight excluding hydrogens is 268 g/mol. The van der Waals surface area contributed by atoms with E-state index < -0.39 is 0 Å². The molecule has 21 heavy (non-hydrogen) atoms. The Morgan fingerprint density at radius 2 is 1.86 bits per heavy atom. The number of pyridine rings is 1. The first-order chi connectivity index (χ1) is 10.2. The van der Waals surface area contributed by atoms with Gasteiger partial charge in [-0.3, -0.25) is 0 Å².